The van der Waals surface area contributed by atoms with Gasteiger partial charge in [0.25, 0.3) is 0 Å². The summed E-state index contributed by atoms with van der Waals surface area (Å²) in [5.41, 5.74) is -2.70. The fourth-order valence-corrected chi connectivity index (χ4v) is 12.3. The SMILES string of the molecule is CC[C@H]1OC(=O)[C@H](C)[C@@H](O[C@H]2C[C@@](C)(OC)[C@@H](O)[C@@H](C)O2)[C@H](C)[C@@H](O[C@@H]2O[C@H](C)C[C@H](N(C)C)[C@H]2O)[C@](C)(OC)C[C@@H](C)C(=O)[C@H](C)C2C(SCc3ccc(OC)cc3)C(=O)O[C@@]21C. The number of rotatable bonds is 12. The van der Waals surface area contributed by atoms with Crippen LogP contribution < -0.4 is 4.74 Å². The predicted octanol–water partition coefficient (Wildman–Crippen LogP) is 5.57. The number of carbonyl (C=O) groups excluding carboxylic acids is 3. The van der Waals surface area contributed by atoms with Gasteiger partial charge in [-0.25, -0.2) is 0 Å². The molecule has 16 heteroatoms. The molecule has 4 fully saturated rings. The predicted molar refractivity (Wildman–Crippen MR) is 240 cm³/mol. The Hall–Kier alpha value is -2.38. The first-order valence-electron chi connectivity index (χ1n) is 22.9. The van der Waals surface area contributed by atoms with Gasteiger partial charge < -0.3 is 57.7 Å². The van der Waals surface area contributed by atoms with Gasteiger partial charge in [-0.1, -0.05) is 39.8 Å². The molecule has 0 aromatic heterocycles. The van der Waals surface area contributed by atoms with Crippen LogP contribution >= 0.6 is 11.8 Å². The molecule has 19 atom stereocenters. The zero-order valence-corrected chi connectivity index (χ0v) is 41.5. The van der Waals surface area contributed by atoms with Gasteiger partial charge in [0.2, 0.25) is 0 Å². The molecule has 0 amide bonds. The quantitative estimate of drug-likeness (QED) is 0.249. The van der Waals surface area contributed by atoms with Crippen LogP contribution in [0.3, 0.4) is 0 Å². The molecule has 0 bridgehead atoms. The number of hydrogen-bond acceptors (Lipinski definition) is 16. The van der Waals surface area contributed by atoms with Crippen molar-refractivity contribution in [1.82, 2.24) is 4.90 Å². The van der Waals surface area contributed by atoms with E-state index in [1.165, 1.54) is 18.9 Å². The molecule has 0 radical (unpaired) electrons. The number of fused-ring (bicyclic) bond motifs is 1. The first-order chi connectivity index (χ1) is 30.0. The maximum absolute atomic E-state index is 15.0. The Bertz CT molecular complexity index is 1740. The molecule has 0 spiro atoms. The van der Waals surface area contributed by atoms with Crippen molar-refractivity contribution in [1.29, 1.82) is 0 Å². The zero-order valence-electron chi connectivity index (χ0n) is 40.7. The van der Waals surface area contributed by atoms with Crippen molar-refractivity contribution in [3.05, 3.63) is 29.8 Å². The normalized spacial score (nSPS) is 43.9. The number of aliphatic hydroxyl groups excluding tert-OH is 2. The molecular formula is C48H77NO14S. The molecule has 15 nitrogen and oxygen atoms in total. The Balaban J connectivity index is 1.62. The maximum atomic E-state index is 15.0. The largest absolute Gasteiger partial charge is 0.497 e. The summed E-state index contributed by atoms with van der Waals surface area (Å²) in [5.74, 6) is -3.78. The fourth-order valence-electron chi connectivity index (χ4n) is 10.8. The number of esters is 2. The lowest BCUT2D eigenvalue weighted by Gasteiger charge is -2.50. The average Bonchev–Trinajstić information content (AvgIpc) is 3.52. The molecule has 2 unspecified atom stereocenters. The smallest absolute Gasteiger partial charge is 0.320 e. The molecule has 4 saturated heterocycles. The highest BCUT2D eigenvalue weighted by atomic mass is 32.2. The van der Waals surface area contributed by atoms with Crippen LogP contribution in [0.4, 0.5) is 0 Å². The molecular weight excluding hydrogens is 847 g/mol. The second-order valence-electron chi connectivity index (χ2n) is 19.7. The minimum absolute atomic E-state index is 0.115. The number of carbonyl (C=O) groups is 3. The van der Waals surface area contributed by atoms with Crippen LogP contribution in [-0.2, 0) is 58.0 Å². The molecule has 4 aliphatic rings. The van der Waals surface area contributed by atoms with Gasteiger partial charge in [0.05, 0.1) is 48.6 Å². The maximum Gasteiger partial charge on any atom is 0.320 e. The van der Waals surface area contributed by atoms with Crippen LogP contribution in [0, 0.1) is 29.6 Å². The van der Waals surface area contributed by atoms with Gasteiger partial charge in [0.1, 0.15) is 35.1 Å². The third-order valence-electron chi connectivity index (χ3n) is 14.9. The third-order valence-corrected chi connectivity index (χ3v) is 16.2. The van der Waals surface area contributed by atoms with Gasteiger partial charge in [-0.2, -0.15) is 0 Å². The molecule has 4 aliphatic heterocycles. The van der Waals surface area contributed by atoms with E-state index in [-0.39, 0.29) is 37.2 Å². The standard InChI is InChI=1S/C48H77NO14S/c1-16-34-48(10)36(40(44(54)63-48)64-24-31-17-19-32(55-13)20-18-31)27(4)37(50)25(2)22-47(9,57-15)42(62-45-38(51)33(49(11)12)21-26(3)58-45)28(5)39(29(6)43(53)60-34)61-35-23-46(8,56-14)41(52)30(7)59-35/h17-20,25-30,33-36,38-42,45,51-52H,16,21-24H2,1-15H3/t25-,26-,27-,28+,29-,30-,33+,34-,35+,36?,38-,39+,40?,41+,42-,45+,46-,47-,48-/m1/s1. The van der Waals surface area contributed by atoms with E-state index in [0.717, 1.165) is 5.56 Å². The Labute approximate surface area is 385 Å². The molecule has 364 valence electrons. The summed E-state index contributed by atoms with van der Waals surface area (Å²) in [5, 5.41) is 22.1. The van der Waals surface area contributed by atoms with Crippen LogP contribution in [0.5, 0.6) is 5.75 Å². The van der Waals surface area contributed by atoms with E-state index in [0.29, 0.717) is 17.9 Å². The van der Waals surface area contributed by atoms with E-state index < -0.39 is 113 Å². The fraction of sp³-hybridized carbons (Fsp3) is 0.812. The molecule has 4 heterocycles. The number of ketones is 1. The van der Waals surface area contributed by atoms with Crippen LogP contribution in [-0.4, -0.2) is 152 Å². The summed E-state index contributed by atoms with van der Waals surface area (Å²) in [6.07, 6.45) is -6.79. The number of Topliss-reactive ketones (excluding diaryl/α,β-unsaturated/α-hetero) is 1. The zero-order chi connectivity index (χ0) is 47.6. The molecule has 1 aromatic carbocycles. The highest BCUT2D eigenvalue weighted by Crippen LogP contribution is 2.50. The first kappa shape index (κ1) is 52.6. The number of thioether (sulfide) groups is 1. The van der Waals surface area contributed by atoms with Crippen molar-refractivity contribution in [3.8, 4) is 5.75 Å². The minimum Gasteiger partial charge on any atom is -0.497 e. The van der Waals surface area contributed by atoms with Crippen molar-refractivity contribution in [2.24, 2.45) is 29.6 Å². The lowest BCUT2D eigenvalue weighted by Crippen LogP contribution is -2.61. The Morgan fingerprint density at radius 3 is 2.06 bits per heavy atom. The van der Waals surface area contributed by atoms with Crippen molar-refractivity contribution in [2.75, 3.05) is 35.4 Å². The highest BCUT2D eigenvalue weighted by Gasteiger charge is 2.62. The molecule has 2 N–H and O–H groups in total. The van der Waals surface area contributed by atoms with E-state index in [9.17, 15) is 19.8 Å². The summed E-state index contributed by atoms with van der Waals surface area (Å²) in [7, 11) is 8.47. The van der Waals surface area contributed by atoms with E-state index >= 15 is 4.79 Å². The first-order valence-corrected chi connectivity index (χ1v) is 24.0. The van der Waals surface area contributed by atoms with Gasteiger partial charge in [0, 0.05) is 56.1 Å². The second kappa shape index (κ2) is 21.3. The number of hydrogen-bond donors (Lipinski definition) is 2. The lowest BCUT2D eigenvalue weighted by molar-refractivity contribution is -0.319. The number of ether oxygens (including phenoxy) is 9. The van der Waals surface area contributed by atoms with Gasteiger partial charge in [-0.05, 0) is 92.6 Å². The molecule has 1 aromatic rings. The van der Waals surface area contributed by atoms with Crippen LogP contribution in [0.25, 0.3) is 0 Å². The van der Waals surface area contributed by atoms with E-state index in [1.54, 1.807) is 41.9 Å². The average molecular weight is 924 g/mol. The Kier molecular flexibility index (Phi) is 17.5. The third kappa shape index (κ3) is 10.8. The summed E-state index contributed by atoms with van der Waals surface area (Å²) >= 11 is 1.40. The van der Waals surface area contributed by atoms with E-state index in [4.69, 9.17) is 42.6 Å². The summed E-state index contributed by atoms with van der Waals surface area (Å²) in [6.45, 7) is 18.3. The van der Waals surface area contributed by atoms with Gasteiger partial charge in [-0.3, -0.25) is 14.4 Å². The van der Waals surface area contributed by atoms with E-state index in [2.05, 4.69) is 0 Å². The van der Waals surface area contributed by atoms with Gasteiger partial charge in [-0.15, -0.1) is 11.8 Å². The van der Waals surface area contributed by atoms with Gasteiger partial charge in [0.15, 0.2) is 18.2 Å². The monoisotopic (exact) mass is 924 g/mol. The van der Waals surface area contributed by atoms with Crippen LogP contribution in [0.1, 0.15) is 100 Å². The molecule has 0 aliphatic carbocycles. The second-order valence-corrected chi connectivity index (χ2v) is 20.8. The number of nitrogens with zero attached hydrogens (tertiary/aromatic N) is 1. The molecule has 64 heavy (non-hydrogen) atoms. The highest BCUT2D eigenvalue weighted by molar-refractivity contribution is 7.99. The summed E-state index contributed by atoms with van der Waals surface area (Å²) < 4.78 is 57.0. The summed E-state index contributed by atoms with van der Waals surface area (Å²) in [4.78, 5) is 46.0. The number of benzene rings is 1. The van der Waals surface area contributed by atoms with Crippen molar-refractivity contribution >= 4 is 29.5 Å². The van der Waals surface area contributed by atoms with Crippen molar-refractivity contribution in [2.45, 2.75) is 184 Å². The summed E-state index contributed by atoms with van der Waals surface area (Å²) in [6, 6.07) is 7.31. The minimum atomic E-state index is -1.37. The van der Waals surface area contributed by atoms with Gasteiger partial charge >= 0.3 is 11.9 Å². The van der Waals surface area contributed by atoms with Crippen LogP contribution in [0.2, 0.25) is 0 Å². The van der Waals surface area contributed by atoms with Crippen molar-refractivity contribution < 1.29 is 67.2 Å². The van der Waals surface area contributed by atoms with Crippen molar-refractivity contribution in [3.63, 3.8) is 0 Å². The number of cyclic esters (lactones) is 1. The Morgan fingerprint density at radius 2 is 1.48 bits per heavy atom. The Morgan fingerprint density at radius 1 is 0.844 bits per heavy atom. The molecule has 0 saturated carbocycles. The lowest BCUT2D eigenvalue weighted by atomic mass is 9.70. The number of aliphatic hydroxyl groups is 2. The van der Waals surface area contributed by atoms with E-state index in [1.807, 2.05) is 84.8 Å². The number of methoxy groups -OCH3 is 3. The molecule has 5 rings (SSSR count). The topological polar surface area (TPSA) is 178 Å². The van der Waals surface area contributed by atoms with Crippen LogP contribution in [0.15, 0.2) is 24.3 Å². The number of likely N-dealkylation sites (N-methyl/N-ethyl adjacent to an activating group) is 1.